The number of carboxylic acid groups (broad SMARTS) is 2. The van der Waals surface area contributed by atoms with Crippen molar-refractivity contribution in [2.75, 3.05) is 0 Å². The van der Waals surface area contributed by atoms with Gasteiger partial charge in [0.15, 0.2) is 0 Å². The number of carboxylic acids is 2. The van der Waals surface area contributed by atoms with Crippen molar-refractivity contribution in [3.63, 3.8) is 0 Å². The van der Waals surface area contributed by atoms with Crippen LogP contribution in [0.4, 0.5) is 0 Å². The van der Waals surface area contributed by atoms with Crippen LogP contribution in [0.3, 0.4) is 0 Å². The summed E-state index contributed by atoms with van der Waals surface area (Å²) in [6.45, 7) is 0. The molecule has 2 N–H and O–H groups in total. The zero-order valence-electron chi connectivity index (χ0n) is 9.80. The van der Waals surface area contributed by atoms with Gasteiger partial charge in [-0.1, -0.05) is 30.0 Å². The Hall–Kier alpha value is -2.28. The van der Waals surface area contributed by atoms with E-state index in [9.17, 15) is 9.59 Å². The molecule has 0 amide bonds. The molecule has 0 spiro atoms. The highest BCUT2D eigenvalue weighted by Gasteiger charge is 2.14. The standard InChI is InChI=1S/C14H14O4/c15-13(16)8-4-7-12(14(17)18)10-9-11-5-2-1-3-6-11/h1-3,5-6,12H,4,7-8H2,(H,15,16)(H,17,18). The van der Waals surface area contributed by atoms with Gasteiger partial charge >= 0.3 is 11.9 Å². The lowest BCUT2D eigenvalue weighted by Crippen LogP contribution is -2.12. The fourth-order valence-electron chi connectivity index (χ4n) is 1.41. The molecule has 0 heterocycles. The van der Waals surface area contributed by atoms with Crippen LogP contribution in [0.25, 0.3) is 0 Å². The second-order valence-electron chi connectivity index (χ2n) is 3.81. The van der Waals surface area contributed by atoms with Gasteiger partial charge in [-0.05, 0) is 25.0 Å². The van der Waals surface area contributed by atoms with E-state index in [0.29, 0.717) is 6.42 Å². The summed E-state index contributed by atoms with van der Waals surface area (Å²) in [5, 5.41) is 17.5. The maximum absolute atomic E-state index is 10.9. The van der Waals surface area contributed by atoms with Crippen LogP contribution in [0.5, 0.6) is 0 Å². The van der Waals surface area contributed by atoms with Crippen molar-refractivity contribution in [3.05, 3.63) is 35.9 Å². The summed E-state index contributed by atoms with van der Waals surface area (Å²) in [6, 6.07) is 9.09. The molecule has 1 unspecified atom stereocenters. The minimum atomic E-state index is -1.01. The zero-order valence-corrected chi connectivity index (χ0v) is 9.80. The highest BCUT2D eigenvalue weighted by molar-refractivity contribution is 5.74. The Balaban J connectivity index is 2.61. The zero-order chi connectivity index (χ0) is 13.4. The summed E-state index contributed by atoms with van der Waals surface area (Å²) in [4.78, 5) is 21.3. The summed E-state index contributed by atoms with van der Waals surface area (Å²) in [5.74, 6) is 2.71. The molecule has 0 aliphatic rings. The Morgan fingerprint density at radius 1 is 1.17 bits per heavy atom. The second-order valence-corrected chi connectivity index (χ2v) is 3.81. The number of aliphatic carboxylic acids is 2. The Morgan fingerprint density at radius 3 is 2.39 bits per heavy atom. The molecule has 94 valence electrons. The van der Waals surface area contributed by atoms with Crippen LogP contribution in [-0.2, 0) is 9.59 Å². The van der Waals surface area contributed by atoms with Gasteiger partial charge in [0.2, 0.25) is 0 Å². The molecule has 1 atom stereocenters. The fraction of sp³-hybridized carbons (Fsp3) is 0.286. The van der Waals surface area contributed by atoms with Gasteiger partial charge in [-0.2, -0.15) is 0 Å². The number of hydrogen-bond acceptors (Lipinski definition) is 2. The van der Waals surface area contributed by atoms with Gasteiger partial charge in [0.05, 0.1) is 0 Å². The molecule has 18 heavy (non-hydrogen) atoms. The summed E-state index contributed by atoms with van der Waals surface area (Å²) < 4.78 is 0. The van der Waals surface area contributed by atoms with E-state index in [1.54, 1.807) is 12.1 Å². The molecule has 1 rings (SSSR count). The molecule has 0 radical (unpaired) electrons. The second kappa shape index (κ2) is 7.13. The van der Waals surface area contributed by atoms with Crippen LogP contribution in [0.1, 0.15) is 24.8 Å². The average Bonchev–Trinajstić information content (AvgIpc) is 2.34. The van der Waals surface area contributed by atoms with Crippen molar-refractivity contribution < 1.29 is 19.8 Å². The molecule has 0 saturated carbocycles. The average molecular weight is 246 g/mol. The van der Waals surface area contributed by atoms with Gasteiger partial charge in [-0.3, -0.25) is 9.59 Å². The van der Waals surface area contributed by atoms with E-state index < -0.39 is 17.9 Å². The molecule has 0 aliphatic carbocycles. The maximum Gasteiger partial charge on any atom is 0.318 e. The van der Waals surface area contributed by atoms with E-state index in [1.165, 1.54) is 0 Å². The van der Waals surface area contributed by atoms with Crippen LogP contribution in [0.2, 0.25) is 0 Å². The Bertz CT molecular complexity index is 468. The van der Waals surface area contributed by atoms with Crippen LogP contribution >= 0.6 is 0 Å². The lowest BCUT2D eigenvalue weighted by molar-refractivity contribution is -0.141. The first-order valence-corrected chi connectivity index (χ1v) is 5.61. The molecule has 0 aromatic heterocycles. The predicted molar refractivity (Wildman–Crippen MR) is 65.9 cm³/mol. The molecule has 1 aromatic carbocycles. The minimum Gasteiger partial charge on any atom is -0.481 e. The monoisotopic (exact) mass is 246 g/mol. The summed E-state index contributed by atoms with van der Waals surface area (Å²) in [5.41, 5.74) is 0.752. The van der Waals surface area contributed by atoms with Crippen molar-refractivity contribution in [3.8, 4) is 11.8 Å². The number of rotatable bonds is 5. The van der Waals surface area contributed by atoms with Gasteiger partial charge in [-0.25, -0.2) is 0 Å². The molecule has 4 nitrogen and oxygen atoms in total. The summed E-state index contributed by atoms with van der Waals surface area (Å²) in [7, 11) is 0. The molecule has 4 heteroatoms. The molecule has 0 saturated heterocycles. The quantitative estimate of drug-likeness (QED) is 0.779. The van der Waals surface area contributed by atoms with Crippen molar-refractivity contribution >= 4 is 11.9 Å². The Morgan fingerprint density at radius 2 is 1.83 bits per heavy atom. The van der Waals surface area contributed by atoms with Crippen LogP contribution in [-0.4, -0.2) is 22.2 Å². The molecule has 1 aromatic rings. The Labute approximate surface area is 105 Å². The molecule has 0 aliphatic heterocycles. The van der Waals surface area contributed by atoms with Crippen molar-refractivity contribution in [1.29, 1.82) is 0 Å². The van der Waals surface area contributed by atoms with E-state index in [-0.39, 0.29) is 12.8 Å². The number of hydrogen-bond donors (Lipinski definition) is 2. The van der Waals surface area contributed by atoms with Gasteiger partial charge in [0.1, 0.15) is 5.92 Å². The fourth-order valence-corrected chi connectivity index (χ4v) is 1.41. The predicted octanol–water partition coefficient (Wildman–Crippen LogP) is 1.99. The normalized spacial score (nSPS) is 11.1. The van der Waals surface area contributed by atoms with Gasteiger partial charge in [0.25, 0.3) is 0 Å². The van der Waals surface area contributed by atoms with E-state index in [4.69, 9.17) is 10.2 Å². The smallest absolute Gasteiger partial charge is 0.318 e. The molecule has 0 bridgehead atoms. The largest absolute Gasteiger partial charge is 0.481 e. The van der Waals surface area contributed by atoms with Crippen LogP contribution in [0, 0.1) is 17.8 Å². The van der Waals surface area contributed by atoms with Crippen molar-refractivity contribution in [2.45, 2.75) is 19.3 Å². The number of benzene rings is 1. The molecule has 0 fully saturated rings. The first kappa shape index (κ1) is 13.8. The molecular weight excluding hydrogens is 232 g/mol. The summed E-state index contributed by atoms with van der Waals surface area (Å²) >= 11 is 0. The first-order valence-electron chi connectivity index (χ1n) is 5.61. The third kappa shape index (κ3) is 5.17. The lowest BCUT2D eigenvalue weighted by atomic mass is 10.0. The van der Waals surface area contributed by atoms with E-state index in [1.807, 2.05) is 18.2 Å². The number of carbonyl (C=O) groups is 2. The lowest BCUT2D eigenvalue weighted by Gasteiger charge is -2.03. The molecular formula is C14H14O4. The van der Waals surface area contributed by atoms with Crippen molar-refractivity contribution in [1.82, 2.24) is 0 Å². The van der Waals surface area contributed by atoms with Gasteiger partial charge in [-0.15, -0.1) is 0 Å². The SMILES string of the molecule is O=C(O)CCCC(C#Cc1ccccc1)C(=O)O. The highest BCUT2D eigenvalue weighted by Crippen LogP contribution is 2.08. The minimum absolute atomic E-state index is 0.0310. The highest BCUT2D eigenvalue weighted by atomic mass is 16.4. The third-order valence-corrected chi connectivity index (χ3v) is 2.35. The van der Waals surface area contributed by atoms with Gasteiger partial charge < -0.3 is 10.2 Å². The third-order valence-electron chi connectivity index (χ3n) is 2.35. The summed E-state index contributed by atoms with van der Waals surface area (Å²) in [6.07, 6.45) is 0.536. The van der Waals surface area contributed by atoms with E-state index >= 15 is 0 Å². The topological polar surface area (TPSA) is 74.6 Å². The van der Waals surface area contributed by atoms with Gasteiger partial charge in [0, 0.05) is 12.0 Å². The maximum atomic E-state index is 10.9. The van der Waals surface area contributed by atoms with Crippen LogP contribution in [0.15, 0.2) is 30.3 Å². The Kier molecular flexibility index (Phi) is 5.46. The van der Waals surface area contributed by atoms with Crippen LogP contribution < -0.4 is 0 Å². The first-order chi connectivity index (χ1) is 8.59. The van der Waals surface area contributed by atoms with Crippen molar-refractivity contribution in [2.24, 2.45) is 5.92 Å². The van der Waals surface area contributed by atoms with E-state index in [0.717, 1.165) is 5.56 Å². The van der Waals surface area contributed by atoms with E-state index in [2.05, 4.69) is 11.8 Å².